The van der Waals surface area contributed by atoms with Gasteiger partial charge in [-0.25, -0.2) is 19.1 Å². The summed E-state index contributed by atoms with van der Waals surface area (Å²) in [5, 5.41) is 1.37. The van der Waals surface area contributed by atoms with Gasteiger partial charge in [-0.15, -0.1) is 0 Å². The van der Waals surface area contributed by atoms with Crippen molar-refractivity contribution in [1.29, 1.82) is 0 Å². The number of aromatic nitrogens is 2. The van der Waals surface area contributed by atoms with E-state index in [0.29, 0.717) is 21.9 Å². The molecule has 0 N–H and O–H groups in total. The highest BCUT2D eigenvalue weighted by Gasteiger charge is 2.22. The van der Waals surface area contributed by atoms with Crippen LogP contribution in [0.3, 0.4) is 0 Å². The lowest BCUT2D eigenvalue weighted by atomic mass is 10.1. The molecule has 3 aromatic rings. The van der Waals surface area contributed by atoms with Crippen LogP contribution in [0.15, 0.2) is 24.3 Å². The third kappa shape index (κ3) is 3.70. The molecule has 0 bridgehead atoms. The minimum Gasteiger partial charge on any atom is -0.465 e. The van der Waals surface area contributed by atoms with Gasteiger partial charge in [0.15, 0.2) is 5.65 Å². The van der Waals surface area contributed by atoms with E-state index in [9.17, 15) is 9.59 Å². The normalized spacial score (nSPS) is 10.9. The van der Waals surface area contributed by atoms with E-state index >= 15 is 0 Å². The molecule has 0 aliphatic heterocycles. The highest BCUT2D eigenvalue weighted by Crippen LogP contribution is 2.33. The van der Waals surface area contributed by atoms with Crippen LogP contribution in [-0.2, 0) is 15.9 Å². The number of carbonyl (C=O) groups excluding carboxylic acids is 2. The molecule has 1 aromatic carbocycles. The van der Waals surface area contributed by atoms with Crippen molar-refractivity contribution in [3.8, 4) is 0 Å². The Morgan fingerprint density at radius 2 is 1.89 bits per heavy atom. The van der Waals surface area contributed by atoms with E-state index in [2.05, 4.69) is 27.6 Å². The number of benzene rings is 1. The Kier molecular flexibility index (Phi) is 6.16. The average molecular weight is 533 g/mol. The maximum Gasteiger partial charge on any atom is 0.419 e. The van der Waals surface area contributed by atoms with E-state index in [4.69, 9.17) is 32.7 Å². The van der Waals surface area contributed by atoms with Gasteiger partial charge in [0.1, 0.15) is 3.70 Å². The number of aryl methyl sites for hydroxylation is 1. The third-order valence-corrected chi connectivity index (χ3v) is 5.67. The average Bonchev–Trinajstić information content (AvgIpc) is 3.02. The lowest BCUT2D eigenvalue weighted by Crippen LogP contribution is -2.16. The lowest BCUT2D eigenvalue weighted by Gasteiger charge is -2.12. The molecule has 2 heterocycles. The van der Waals surface area contributed by atoms with Crippen molar-refractivity contribution in [2.45, 2.75) is 13.3 Å². The van der Waals surface area contributed by atoms with Gasteiger partial charge in [-0.1, -0.05) is 23.2 Å². The molecule has 3 rings (SSSR count). The monoisotopic (exact) mass is 532 g/mol. The van der Waals surface area contributed by atoms with Crippen LogP contribution < -0.4 is 0 Å². The number of esters is 1. The fourth-order valence-electron chi connectivity index (χ4n) is 2.98. The topological polar surface area (TPSA) is 70.4 Å². The number of hydrogen-bond acceptors (Lipinski definition) is 5. The molecule has 0 saturated heterocycles. The molecule has 0 fully saturated rings. The summed E-state index contributed by atoms with van der Waals surface area (Å²) < 4.78 is 11.8. The number of methoxy groups -OCH3 is 2. The molecule has 9 heteroatoms. The smallest absolute Gasteiger partial charge is 0.419 e. The lowest BCUT2D eigenvalue weighted by molar-refractivity contribution is 0.0600. The zero-order valence-electron chi connectivity index (χ0n) is 15.2. The van der Waals surface area contributed by atoms with Gasteiger partial charge in [0.05, 0.1) is 24.8 Å². The Bertz CT molecular complexity index is 1110. The van der Waals surface area contributed by atoms with E-state index in [1.807, 2.05) is 19.1 Å². The fourth-order valence-corrected chi connectivity index (χ4v) is 4.25. The van der Waals surface area contributed by atoms with Crippen LogP contribution in [0.1, 0.15) is 27.2 Å². The Hall–Kier alpha value is -1.84. The first kappa shape index (κ1) is 20.9. The first-order valence-corrected chi connectivity index (χ1v) is 9.93. The van der Waals surface area contributed by atoms with Gasteiger partial charge < -0.3 is 9.47 Å². The van der Waals surface area contributed by atoms with Crippen LogP contribution in [0, 0.1) is 10.6 Å². The summed E-state index contributed by atoms with van der Waals surface area (Å²) >= 11 is 14.9. The Morgan fingerprint density at radius 1 is 1.18 bits per heavy atom. The van der Waals surface area contributed by atoms with Crippen molar-refractivity contribution in [2.75, 3.05) is 14.2 Å². The molecule has 0 aliphatic rings. The second-order valence-corrected chi connectivity index (χ2v) is 7.89. The van der Waals surface area contributed by atoms with Gasteiger partial charge >= 0.3 is 12.1 Å². The van der Waals surface area contributed by atoms with Gasteiger partial charge in [-0.05, 0) is 64.9 Å². The van der Waals surface area contributed by atoms with Crippen LogP contribution in [0.4, 0.5) is 4.79 Å². The SMILES string of the molecule is COC(=O)c1ccc(Cl)c(Cc2cc3c(C)cc(I)nc3n2C(=O)OC)c1Cl. The molecule has 0 aliphatic carbocycles. The second-order valence-electron chi connectivity index (χ2n) is 6.00. The molecule has 0 spiro atoms. The first-order valence-electron chi connectivity index (χ1n) is 8.09. The molecular formula is C19H15Cl2IN2O4. The highest BCUT2D eigenvalue weighted by molar-refractivity contribution is 14.1. The first-order chi connectivity index (χ1) is 13.3. The molecule has 0 unspecified atom stereocenters. The van der Waals surface area contributed by atoms with Crippen molar-refractivity contribution < 1.29 is 19.1 Å². The predicted molar refractivity (Wildman–Crippen MR) is 116 cm³/mol. The van der Waals surface area contributed by atoms with Gasteiger partial charge in [0, 0.05) is 22.5 Å². The van der Waals surface area contributed by atoms with Crippen LogP contribution in [0.5, 0.6) is 0 Å². The van der Waals surface area contributed by atoms with E-state index in [1.165, 1.54) is 24.9 Å². The summed E-state index contributed by atoms with van der Waals surface area (Å²) in [4.78, 5) is 28.9. The molecule has 28 heavy (non-hydrogen) atoms. The second kappa shape index (κ2) is 8.26. The number of nitrogens with zero attached hydrogens (tertiary/aromatic N) is 2. The molecule has 0 atom stereocenters. The van der Waals surface area contributed by atoms with Gasteiger partial charge in [-0.2, -0.15) is 0 Å². The number of rotatable bonds is 3. The van der Waals surface area contributed by atoms with Crippen molar-refractivity contribution >= 4 is 68.9 Å². The zero-order chi connectivity index (χ0) is 20.6. The number of pyridine rings is 1. The van der Waals surface area contributed by atoms with E-state index in [-0.39, 0.29) is 17.0 Å². The minimum absolute atomic E-state index is 0.181. The van der Waals surface area contributed by atoms with Crippen LogP contribution >= 0.6 is 45.8 Å². The third-order valence-electron chi connectivity index (χ3n) is 4.33. The largest absolute Gasteiger partial charge is 0.465 e. The number of carbonyl (C=O) groups is 2. The van der Waals surface area contributed by atoms with Crippen LogP contribution in [0.25, 0.3) is 11.0 Å². The Morgan fingerprint density at radius 3 is 2.54 bits per heavy atom. The maximum atomic E-state index is 12.5. The van der Waals surface area contributed by atoms with Crippen molar-refractivity contribution in [3.05, 3.63) is 60.4 Å². The molecule has 146 valence electrons. The predicted octanol–water partition coefficient (Wildman–Crippen LogP) is 5.25. The highest BCUT2D eigenvalue weighted by atomic mass is 127. The minimum atomic E-state index is -0.574. The summed E-state index contributed by atoms with van der Waals surface area (Å²) in [6, 6.07) is 6.85. The number of halogens is 3. The van der Waals surface area contributed by atoms with E-state index in [1.54, 1.807) is 6.07 Å². The van der Waals surface area contributed by atoms with Gasteiger partial charge in [0.2, 0.25) is 0 Å². The number of hydrogen-bond donors (Lipinski definition) is 0. The van der Waals surface area contributed by atoms with Gasteiger partial charge in [0.25, 0.3) is 0 Å². The molecule has 0 amide bonds. The maximum absolute atomic E-state index is 12.5. The Balaban J connectivity index is 2.22. The standard InChI is InChI=1S/C19H15Cl2IN2O4/c1-9-6-15(22)23-17-12(9)7-10(24(17)19(26)28-3)8-13-14(20)5-4-11(16(13)21)18(25)27-2/h4-7H,8H2,1-3H3. The molecule has 0 radical (unpaired) electrons. The summed E-state index contributed by atoms with van der Waals surface area (Å²) in [5.41, 5.74) is 2.76. The summed E-state index contributed by atoms with van der Waals surface area (Å²) in [7, 11) is 2.58. The quantitative estimate of drug-likeness (QED) is 0.262. The number of ether oxygens (including phenoxy) is 2. The van der Waals surface area contributed by atoms with Crippen molar-refractivity contribution in [2.24, 2.45) is 0 Å². The molecule has 2 aromatic heterocycles. The van der Waals surface area contributed by atoms with Crippen LogP contribution in [0.2, 0.25) is 10.0 Å². The molecule has 6 nitrogen and oxygen atoms in total. The summed E-state index contributed by atoms with van der Waals surface area (Å²) in [6.45, 7) is 1.94. The van der Waals surface area contributed by atoms with E-state index < -0.39 is 12.1 Å². The zero-order valence-corrected chi connectivity index (χ0v) is 18.8. The Labute approximate surface area is 184 Å². The van der Waals surface area contributed by atoms with Crippen molar-refractivity contribution in [1.82, 2.24) is 9.55 Å². The van der Waals surface area contributed by atoms with Crippen molar-refractivity contribution in [3.63, 3.8) is 0 Å². The molecular weight excluding hydrogens is 518 g/mol. The van der Waals surface area contributed by atoms with Crippen LogP contribution in [-0.4, -0.2) is 35.8 Å². The van der Waals surface area contributed by atoms with E-state index in [0.717, 1.165) is 14.7 Å². The van der Waals surface area contributed by atoms with Gasteiger partial charge in [-0.3, -0.25) is 0 Å². The summed E-state index contributed by atoms with van der Waals surface area (Å²) in [5.74, 6) is -0.566. The fraction of sp³-hybridized carbons (Fsp3) is 0.211. The summed E-state index contributed by atoms with van der Waals surface area (Å²) in [6.07, 6.45) is -0.375. The molecule has 0 saturated carbocycles. The number of fused-ring (bicyclic) bond motifs is 1.